The minimum absolute atomic E-state index is 0. The predicted octanol–water partition coefficient (Wildman–Crippen LogP) is 3.01. The van der Waals surface area contributed by atoms with Gasteiger partial charge in [0.1, 0.15) is 5.60 Å². The van der Waals surface area contributed by atoms with E-state index in [0.717, 1.165) is 30.6 Å². The Morgan fingerprint density at radius 1 is 1.13 bits per heavy atom. The minimum Gasteiger partial charge on any atom is -0.444 e. The van der Waals surface area contributed by atoms with Crippen molar-refractivity contribution >= 4 is 47.6 Å². The molecule has 0 aliphatic carbocycles. The zero-order valence-corrected chi connectivity index (χ0v) is 20.6. The molecule has 2 rings (SSSR count). The van der Waals surface area contributed by atoms with Crippen LogP contribution in [0.5, 0.6) is 0 Å². The quantitative estimate of drug-likeness (QED) is 0.218. The Hall–Kier alpha value is -2.04. The number of rotatable bonds is 7. The number of amides is 2. The van der Waals surface area contributed by atoms with E-state index in [4.69, 9.17) is 4.74 Å². The van der Waals surface area contributed by atoms with Gasteiger partial charge in [0.05, 0.1) is 0 Å². The molecular weight excluding hydrogens is 497 g/mol. The van der Waals surface area contributed by atoms with Crippen LogP contribution < -0.4 is 20.9 Å². The van der Waals surface area contributed by atoms with Crippen LogP contribution in [0.2, 0.25) is 0 Å². The molecule has 1 fully saturated rings. The normalized spacial score (nSPS) is 14.2. The van der Waals surface area contributed by atoms with E-state index in [1.54, 1.807) is 7.05 Å². The van der Waals surface area contributed by atoms with E-state index in [2.05, 4.69) is 20.9 Å². The van der Waals surface area contributed by atoms with Gasteiger partial charge in [-0.15, -0.1) is 24.0 Å². The van der Waals surface area contributed by atoms with Gasteiger partial charge in [0.2, 0.25) is 5.91 Å². The zero-order valence-electron chi connectivity index (χ0n) is 18.3. The summed E-state index contributed by atoms with van der Waals surface area (Å²) in [7, 11) is 1.72. The van der Waals surface area contributed by atoms with Crippen molar-refractivity contribution in [2.45, 2.75) is 52.2 Å². The maximum atomic E-state index is 11.8. The molecule has 1 aromatic rings. The number of anilines is 1. The predicted molar refractivity (Wildman–Crippen MR) is 130 cm³/mol. The zero-order chi connectivity index (χ0) is 21.3. The Morgan fingerprint density at radius 2 is 1.80 bits per heavy atom. The summed E-state index contributed by atoms with van der Waals surface area (Å²) in [5.41, 5.74) is 1.57. The molecule has 1 heterocycles. The maximum absolute atomic E-state index is 11.8. The average molecular weight is 531 g/mol. The Balaban J connectivity index is 0.00000450. The molecule has 1 saturated heterocycles. The first-order valence-electron chi connectivity index (χ1n) is 10.1. The Bertz CT molecular complexity index is 716. The van der Waals surface area contributed by atoms with Crippen molar-refractivity contribution < 1.29 is 14.3 Å². The molecule has 0 atom stereocenters. The van der Waals surface area contributed by atoms with Crippen molar-refractivity contribution in [3.05, 3.63) is 29.8 Å². The molecule has 1 aromatic carbocycles. The summed E-state index contributed by atoms with van der Waals surface area (Å²) < 4.78 is 5.19. The van der Waals surface area contributed by atoms with E-state index in [-0.39, 0.29) is 29.9 Å². The highest BCUT2D eigenvalue weighted by Crippen LogP contribution is 2.21. The fraction of sp³-hybridized carbons (Fsp3) is 0.571. The van der Waals surface area contributed by atoms with Crippen LogP contribution in [-0.2, 0) is 16.1 Å². The van der Waals surface area contributed by atoms with Crippen molar-refractivity contribution in [3.63, 3.8) is 0 Å². The number of guanidine groups is 1. The second-order valence-corrected chi connectivity index (χ2v) is 7.95. The number of nitrogens with zero attached hydrogens (tertiary/aromatic N) is 2. The van der Waals surface area contributed by atoms with E-state index in [9.17, 15) is 9.59 Å². The van der Waals surface area contributed by atoms with Crippen molar-refractivity contribution in [2.24, 2.45) is 4.99 Å². The fourth-order valence-electron chi connectivity index (χ4n) is 2.92. The highest BCUT2D eigenvalue weighted by Gasteiger charge is 2.21. The summed E-state index contributed by atoms with van der Waals surface area (Å²) in [6.45, 7) is 8.14. The molecule has 1 aliphatic rings. The van der Waals surface area contributed by atoms with Crippen molar-refractivity contribution in [2.75, 3.05) is 31.6 Å². The number of hydrogen-bond acceptors (Lipinski definition) is 4. The van der Waals surface area contributed by atoms with Crippen LogP contribution in [0.3, 0.4) is 0 Å². The number of benzene rings is 1. The van der Waals surface area contributed by atoms with Gasteiger partial charge in [-0.1, -0.05) is 12.1 Å². The van der Waals surface area contributed by atoms with Gasteiger partial charge in [-0.3, -0.25) is 9.79 Å². The minimum atomic E-state index is -0.490. The van der Waals surface area contributed by atoms with Gasteiger partial charge in [0.15, 0.2) is 5.96 Å². The van der Waals surface area contributed by atoms with Crippen LogP contribution in [0.15, 0.2) is 29.3 Å². The van der Waals surface area contributed by atoms with Gasteiger partial charge in [-0.2, -0.15) is 0 Å². The first kappa shape index (κ1) is 26.0. The van der Waals surface area contributed by atoms with Crippen LogP contribution in [0.25, 0.3) is 0 Å². The number of nitrogens with one attached hydrogen (secondary N) is 3. The van der Waals surface area contributed by atoms with Crippen LogP contribution in [-0.4, -0.2) is 50.2 Å². The summed E-state index contributed by atoms with van der Waals surface area (Å²) in [6.07, 6.45) is 1.91. The molecule has 2 amide bonds. The molecule has 168 valence electrons. The molecule has 0 aromatic heterocycles. The van der Waals surface area contributed by atoms with Crippen molar-refractivity contribution in [3.8, 4) is 0 Å². The molecule has 9 heteroatoms. The number of aliphatic imine (C=N–C) groups is 1. The van der Waals surface area contributed by atoms with Gasteiger partial charge >= 0.3 is 6.09 Å². The Kier molecular flexibility index (Phi) is 10.9. The molecule has 1 aliphatic heterocycles. The van der Waals surface area contributed by atoms with Crippen molar-refractivity contribution in [1.82, 2.24) is 16.0 Å². The van der Waals surface area contributed by atoms with Crippen LogP contribution >= 0.6 is 24.0 Å². The third-order valence-corrected chi connectivity index (χ3v) is 4.32. The number of carbonyl (C=O) groups is 2. The van der Waals surface area contributed by atoms with Gasteiger partial charge in [-0.05, 0) is 51.3 Å². The van der Waals surface area contributed by atoms with Gasteiger partial charge < -0.3 is 25.6 Å². The lowest BCUT2D eigenvalue weighted by Crippen LogP contribution is -2.39. The molecule has 30 heavy (non-hydrogen) atoms. The lowest BCUT2D eigenvalue weighted by molar-refractivity contribution is -0.117. The molecule has 3 N–H and O–H groups in total. The average Bonchev–Trinajstić information content (AvgIpc) is 3.09. The summed E-state index contributed by atoms with van der Waals surface area (Å²) in [6, 6.07) is 8.01. The molecule has 0 bridgehead atoms. The van der Waals surface area contributed by atoms with Crippen LogP contribution in [0.1, 0.15) is 45.6 Å². The SMILES string of the molecule is CN=C(NCCCNC(=O)OC(C)(C)C)NCc1ccc(N2CCCC2=O)cc1.I. The third kappa shape index (κ3) is 9.19. The standard InChI is InChI=1S/C21H33N5O3.HI/c1-21(2,3)29-20(28)24-13-6-12-23-19(22-4)25-15-16-8-10-17(11-9-16)26-14-5-7-18(26)27;/h8-11H,5-7,12-15H2,1-4H3,(H,24,28)(H2,22,23,25);1H. The molecule has 8 nitrogen and oxygen atoms in total. The molecule has 0 radical (unpaired) electrons. The molecule has 0 saturated carbocycles. The summed E-state index contributed by atoms with van der Waals surface area (Å²) in [5, 5.41) is 9.21. The largest absolute Gasteiger partial charge is 0.444 e. The maximum Gasteiger partial charge on any atom is 0.407 e. The summed E-state index contributed by atoms with van der Waals surface area (Å²) in [4.78, 5) is 29.4. The van der Waals surface area contributed by atoms with E-state index in [1.165, 1.54) is 0 Å². The second-order valence-electron chi connectivity index (χ2n) is 7.95. The lowest BCUT2D eigenvalue weighted by atomic mass is 10.2. The summed E-state index contributed by atoms with van der Waals surface area (Å²) in [5.74, 6) is 0.891. The first-order chi connectivity index (χ1) is 13.8. The van der Waals surface area contributed by atoms with E-state index < -0.39 is 11.7 Å². The van der Waals surface area contributed by atoms with Gasteiger partial charge in [0, 0.05) is 45.3 Å². The van der Waals surface area contributed by atoms with E-state index in [0.29, 0.717) is 32.0 Å². The number of carbonyl (C=O) groups excluding carboxylic acids is 2. The van der Waals surface area contributed by atoms with E-state index >= 15 is 0 Å². The number of alkyl carbamates (subject to hydrolysis) is 1. The number of ether oxygens (including phenoxy) is 1. The molecule has 0 spiro atoms. The Labute approximate surface area is 196 Å². The number of halogens is 1. The Morgan fingerprint density at radius 3 is 2.37 bits per heavy atom. The molecular formula is C21H34IN5O3. The summed E-state index contributed by atoms with van der Waals surface area (Å²) >= 11 is 0. The highest BCUT2D eigenvalue weighted by atomic mass is 127. The number of hydrogen-bond donors (Lipinski definition) is 3. The van der Waals surface area contributed by atoms with Crippen LogP contribution in [0.4, 0.5) is 10.5 Å². The van der Waals surface area contributed by atoms with E-state index in [1.807, 2.05) is 49.9 Å². The first-order valence-corrected chi connectivity index (χ1v) is 10.1. The monoisotopic (exact) mass is 531 g/mol. The second kappa shape index (κ2) is 12.6. The highest BCUT2D eigenvalue weighted by molar-refractivity contribution is 14.0. The third-order valence-electron chi connectivity index (χ3n) is 4.32. The fourth-order valence-corrected chi connectivity index (χ4v) is 2.92. The van der Waals surface area contributed by atoms with Crippen LogP contribution in [0, 0.1) is 0 Å². The van der Waals surface area contributed by atoms with Gasteiger partial charge in [0.25, 0.3) is 0 Å². The smallest absolute Gasteiger partial charge is 0.407 e. The van der Waals surface area contributed by atoms with Crippen molar-refractivity contribution in [1.29, 1.82) is 0 Å². The van der Waals surface area contributed by atoms with Gasteiger partial charge in [-0.25, -0.2) is 4.79 Å². The lowest BCUT2D eigenvalue weighted by Gasteiger charge is -2.19. The topological polar surface area (TPSA) is 95.1 Å². The molecule has 0 unspecified atom stereocenters.